The lowest BCUT2D eigenvalue weighted by Crippen LogP contribution is -2.15. The Hall–Kier alpha value is -1.01. The highest BCUT2D eigenvalue weighted by Gasteiger charge is 2.21. The molecule has 0 saturated heterocycles. The highest BCUT2D eigenvalue weighted by Crippen LogP contribution is 2.36. The van der Waals surface area contributed by atoms with Crippen LogP contribution in [0.15, 0.2) is 17.2 Å². The summed E-state index contributed by atoms with van der Waals surface area (Å²) in [7, 11) is 0. The molecular weight excluding hydrogens is 228 g/mol. The zero-order valence-electron chi connectivity index (χ0n) is 10.4. The van der Waals surface area contributed by atoms with E-state index >= 15 is 0 Å². The smallest absolute Gasteiger partial charge is 0.114 e. The zero-order chi connectivity index (χ0) is 12.3. The Kier molecular flexibility index (Phi) is 4.06. The van der Waals surface area contributed by atoms with E-state index in [1.807, 2.05) is 19.1 Å². The van der Waals surface area contributed by atoms with Crippen LogP contribution in [0.2, 0.25) is 0 Å². The average molecular weight is 246 g/mol. The fraction of sp³-hybridized carbons (Fsp3) is 0.571. The summed E-state index contributed by atoms with van der Waals surface area (Å²) in [4.78, 5) is 4.50. The van der Waals surface area contributed by atoms with Gasteiger partial charge in [0, 0.05) is 10.9 Å². The first-order valence-electron chi connectivity index (χ1n) is 6.23. The van der Waals surface area contributed by atoms with Gasteiger partial charge in [-0.2, -0.15) is 5.26 Å². The largest absolute Gasteiger partial charge is 0.245 e. The van der Waals surface area contributed by atoms with Crippen molar-refractivity contribution in [2.24, 2.45) is 5.92 Å². The molecule has 1 aromatic heterocycles. The first kappa shape index (κ1) is 12.4. The van der Waals surface area contributed by atoms with Crippen molar-refractivity contribution >= 4 is 11.8 Å². The maximum absolute atomic E-state index is 9.09. The van der Waals surface area contributed by atoms with Gasteiger partial charge in [-0.25, -0.2) is 4.98 Å². The van der Waals surface area contributed by atoms with Crippen LogP contribution in [0.3, 0.4) is 0 Å². The topological polar surface area (TPSA) is 36.7 Å². The Morgan fingerprint density at radius 3 is 2.94 bits per heavy atom. The number of nitrogens with zero attached hydrogens (tertiary/aromatic N) is 2. The van der Waals surface area contributed by atoms with Crippen LogP contribution in [-0.4, -0.2) is 10.2 Å². The van der Waals surface area contributed by atoms with E-state index < -0.39 is 0 Å². The number of pyridine rings is 1. The third-order valence-electron chi connectivity index (χ3n) is 3.29. The third-order valence-corrected chi connectivity index (χ3v) is 4.58. The van der Waals surface area contributed by atoms with E-state index in [2.05, 4.69) is 18.0 Å². The summed E-state index contributed by atoms with van der Waals surface area (Å²) in [6.07, 6.45) is 5.18. The van der Waals surface area contributed by atoms with Gasteiger partial charge in [0.15, 0.2) is 0 Å². The van der Waals surface area contributed by atoms with Gasteiger partial charge in [0.25, 0.3) is 0 Å². The van der Waals surface area contributed by atoms with E-state index in [1.165, 1.54) is 25.7 Å². The molecule has 0 spiro atoms. The second-order valence-corrected chi connectivity index (χ2v) is 6.22. The molecule has 90 valence electrons. The van der Waals surface area contributed by atoms with Crippen molar-refractivity contribution in [1.82, 2.24) is 4.98 Å². The molecule has 0 aromatic carbocycles. The van der Waals surface area contributed by atoms with Crippen molar-refractivity contribution in [2.45, 2.75) is 49.8 Å². The molecule has 2 atom stereocenters. The first-order chi connectivity index (χ1) is 8.19. The number of thioether (sulfide) groups is 1. The van der Waals surface area contributed by atoms with Gasteiger partial charge in [-0.3, -0.25) is 0 Å². The maximum Gasteiger partial charge on any atom is 0.114 e. The van der Waals surface area contributed by atoms with Gasteiger partial charge in [0.1, 0.15) is 11.1 Å². The predicted molar refractivity (Wildman–Crippen MR) is 71.0 cm³/mol. The lowest BCUT2D eigenvalue weighted by Gasteiger charge is -2.26. The lowest BCUT2D eigenvalue weighted by atomic mass is 9.91. The molecule has 0 N–H and O–H groups in total. The predicted octanol–water partition coefficient (Wildman–Crippen LogP) is 3.93. The molecule has 2 nitrogen and oxygen atoms in total. The summed E-state index contributed by atoms with van der Waals surface area (Å²) < 4.78 is 0. The molecule has 1 aliphatic carbocycles. The number of hydrogen-bond donors (Lipinski definition) is 0. The first-order valence-corrected chi connectivity index (χ1v) is 7.11. The van der Waals surface area contributed by atoms with Crippen LogP contribution in [0.4, 0.5) is 0 Å². The van der Waals surface area contributed by atoms with Gasteiger partial charge >= 0.3 is 0 Å². The van der Waals surface area contributed by atoms with Crippen LogP contribution in [0.5, 0.6) is 0 Å². The van der Waals surface area contributed by atoms with Crippen molar-refractivity contribution in [3.05, 3.63) is 23.4 Å². The van der Waals surface area contributed by atoms with E-state index in [0.717, 1.165) is 22.2 Å². The monoisotopic (exact) mass is 246 g/mol. The van der Waals surface area contributed by atoms with E-state index in [4.69, 9.17) is 5.26 Å². The summed E-state index contributed by atoms with van der Waals surface area (Å²) in [5.41, 5.74) is 1.72. The van der Waals surface area contributed by atoms with Crippen molar-refractivity contribution < 1.29 is 0 Å². The van der Waals surface area contributed by atoms with Crippen LogP contribution in [-0.2, 0) is 0 Å². The van der Waals surface area contributed by atoms with Gasteiger partial charge < -0.3 is 0 Å². The quantitative estimate of drug-likeness (QED) is 0.793. The Labute approximate surface area is 107 Å². The van der Waals surface area contributed by atoms with Crippen molar-refractivity contribution in [1.29, 1.82) is 5.26 Å². The second kappa shape index (κ2) is 5.55. The molecule has 0 bridgehead atoms. The number of hydrogen-bond acceptors (Lipinski definition) is 3. The average Bonchev–Trinajstić information content (AvgIpc) is 2.29. The molecule has 1 fully saturated rings. The van der Waals surface area contributed by atoms with Gasteiger partial charge in [-0.1, -0.05) is 19.8 Å². The Balaban J connectivity index is 2.12. The van der Waals surface area contributed by atoms with Crippen LogP contribution >= 0.6 is 11.8 Å². The molecule has 1 heterocycles. The third kappa shape index (κ3) is 3.23. The van der Waals surface area contributed by atoms with Crippen LogP contribution in [0.25, 0.3) is 0 Å². The zero-order valence-corrected chi connectivity index (χ0v) is 11.3. The standard InChI is InChI=1S/C14H18N2S/c1-10-4-3-5-13(8-10)17-14-12(9-15)7-6-11(2)16-14/h6-7,10,13H,3-5,8H2,1-2H3. The van der Waals surface area contributed by atoms with Crippen LogP contribution in [0.1, 0.15) is 43.9 Å². The number of nitriles is 1. The number of aryl methyl sites for hydroxylation is 1. The Bertz CT molecular complexity index is 436. The summed E-state index contributed by atoms with van der Waals surface area (Å²) in [5.74, 6) is 0.816. The fourth-order valence-electron chi connectivity index (χ4n) is 2.35. The molecular formula is C14H18N2S. The molecule has 2 unspecified atom stereocenters. The Morgan fingerprint density at radius 1 is 1.41 bits per heavy atom. The molecule has 1 aliphatic rings. The van der Waals surface area contributed by atoms with Crippen molar-refractivity contribution in [2.75, 3.05) is 0 Å². The fourth-order valence-corrected chi connectivity index (χ4v) is 3.81. The van der Waals surface area contributed by atoms with E-state index in [0.29, 0.717) is 5.25 Å². The summed E-state index contributed by atoms with van der Waals surface area (Å²) in [5, 5.41) is 10.6. The van der Waals surface area contributed by atoms with E-state index in [9.17, 15) is 0 Å². The molecule has 1 saturated carbocycles. The van der Waals surface area contributed by atoms with Crippen molar-refractivity contribution in [3.63, 3.8) is 0 Å². The van der Waals surface area contributed by atoms with Gasteiger partial charge in [-0.05, 0) is 37.8 Å². The van der Waals surface area contributed by atoms with Gasteiger partial charge in [0.05, 0.1) is 5.56 Å². The molecule has 2 rings (SSSR count). The van der Waals surface area contributed by atoms with Crippen LogP contribution in [0, 0.1) is 24.2 Å². The van der Waals surface area contributed by atoms with Gasteiger partial charge in [0.2, 0.25) is 0 Å². The molecule has 0 aliphatic heterocycles. The minimum Gasteiger partial charge on any atom is -0.245 e. The minimum atomic E-state index is 0.639. The maximum atomic E-state index is 9.09. The molecule has 1 aromatic rings. The normalized spacial score (nSPS) is 24.3. The molecule has 3 heteroatoms. The number of rotatable bonds is 2. The Morgan fingerprint density at radius 2 is 2.24 bits per heavy atom. The van der Waals surface area contributed by atoms with Crippen LogP contribution < -0.4 is 0 Å². The second-order valence-electron chi connectivity index (χ2n) is 4.93. The highest BCUT2D eigenvalue weighted by molar-refractivity contribution is 7.99. The highest BCUT2D eigenvalue weighted by atomic mass is 32.2. The summed E-state index contributed by atoms with van der Waals surface area (Å²) in [6.45, 7) is 4.30. The lowest BCUT2D eigenvalue weighted by molar-refractivity contribution is 0.394. The van der Waals surface area contributed by atoms with E-state index in [-0.39, 0.29) is 0 Å². The number of aromatic nitrogens is 1. The molecule has 17 heavy (non-hydrogen) atoms. The summed E-state index contributed by atoms with van der Waals surface area (Å²) >= 11 is 1.80. The summed E-state index contributed by atoms with van der Waals surface area (Å²) in [6, 6.07) is 6.03. The molecule has 0 amide bonds. The van der Waals surface area contributed by atoms with Crippen molar-refractivity contribution in [3.8, 4) is 6.07 Å². The minimum absolute atomic E-state index is 0.639. The van der Waals surface area contributed by atoms with Gasteiger partial charge in [-0.15, -0.1) is 11.8 Å². The van der Waals surface area contributed by atoms with E-state index in [1.54, 1.807) is 11.8 Å². The SMILES string of the molecule is Cc1ccc(C#N)c(SC2CCCC(C)C2)n1. The molecule has 0 radical (unpaired) electrons.